The Balaban J connectivity index is 0.00000261. The molecule has 1 aromatic carbocycles. The number of aliphatic imine (C=N–C) groups is 1. The lowest BCUT2D eigenvalue weighted by atomic mass is 10.1. The van der Waals surface area contributed by atoms with E-state index in [1.165, 1.54) is 50.2 Å². The van der Waals surface area contributed by atoms with Gasteiger partial charge in [0, 0.05) is 29.3 Å². The number of nitrogens with one attached hydrogen (secondary N) is 2. The van der Waals surface area contributed by atoms with Crippen molar-refractivity contribution in [2.75, 3.05) is 39.3 Å². The maximum atomic E-state index is 4.92. The Hall–Kier alpha value is -0.470. The largest absolute Gasteiger partial charge is 0.357 e. The fourth-order valence-corrected chi connectivity index (χ4v) is 4.80. The lowest BCUT2D eigenvalue weighted by molar-refractivity contribution is 0.324. The van der Waals surface area contributed by atoms with Crippen molar-refractivity contribution in [1.29, 1.82) is 0 Å². The minimum Gasteiger partial charge on any atom is -0.357 e. The van der Waals surface area contributed by atoms with Crippen molar-refractivity contribution in [3.63, 3.8) is 0 Å². The second-order valence-corrected chi connectivity index (χ2v) is 9.17. The summed E-state index contributed by atoms with van der Waals surface area (Å²) in [6.07, 6.45) is 5.10. The Labute approximate surface area is 186 Å². The summed E-state index contributed by atoms with van der Waals surface area (Å²) in [7, 11) is 0. The molecule has 3 rings (SSSR count). The Morgan fingerprint density at radius 3 is 2.67 bits per heavy atom. The SMILES string of the molecule is CCCN1CCC(CNC(=NCC2(Sc3ccccc3)CC2)NCC)C1.I. The molecule has 1 saturated carbocycles. The maximum absolute atomic E-state index is 4.92. The number of likely N-dealkylation sites (tertiary alicyclic amines) is 1. The van der Waals surface area contributed by atoms with Crippen molar-refractivity contribution in [2.24, 2.45) is 10.9 Å². The highest BCUT2D eigenvalue weighted by molar-refractivity contribution is 14.0. The predicted molar refractivity (Wildman–Crippen MR) is 128 cm³/mol. The van der Waals surface area contributed by atoms with E-state index in [-0.39, 0.29) is 24.0 Å². The smallest absolute Gasteiger partial charge is 0.191 e. The van der Waals surface area contributed by atoms with Crippen LogP contribution in [0.1, 0.15) is 39.5 Å². The van der Waals surface area contributed by atoms with Gasteiger partial charge in [0.05, 0.1) is 6.54 Å². The van der Waals surface area contributed by atoms with Crippen molar-refractivity contribution in [3.05, 3.63) is 30.3 Å². The molecule has 1 atom stereocenters. The summed E-state index contributed by atoms with van der Waals surface area (Å²) in [6, 6.07) is 10.7. The number of benzene rings is 1. The van der Waals surface area contributed by atoms with Gasteiger partial charge in [0.1, 0.15) is 0 Å². The van der Waals surface area contributed by atoms with Crippen LogP contribution in [0.25, 0.3) is 0 Å². The Morgan fingerprint density at radius 1 is 1.22 bits per heavy atom. The van der Waals surface area contributed by atoms with Gasteiger partial charge in [-0.1, -0.05) is 25.1 Å². The molecule has 0 bridgehead atoms. The van der Waals surface area contributed by atoms with Crippen LogP contribution in [0.5, 0.6) is 0 Å². The van der Waals surface area contributed by atoms with E-state index in [1.54, 1.807) is 0 Å². The first-order chi connectivity index (χ1) is 12.7. The third kappa shape index (κ3) is 7.46. The molecule has 1 unspecified atom stereocenters. The van der Waals surface area contributed by atoms with Crippen LogP contribution >= 0.6 is 35.7 Å². The monoisotopic (exact) mass is 502 g/mol. The van der Waals surface area contributed by atoms with Crippen LogP contribution in [0, 0.1) is 5.92 Å². The number of hydrogen-bond acceptors (Lipinski definition) is 3. The van der Waals surface area contributed by atoms with Gasteiger partial charge in [-0.3, -0.25) is 4.99 Å². The Morgan fingerprint density at radius 2 is 2.00 bits per heavy atom. The van der Waals surface area contributed by atoms with Crippen LogP contribution < -0.4 is 10.6 Å². The standard InChI is InChI=1S/C21H34N4S.HI/c1-3-13-25-14-10-18(16-25)15-23-20(22-4-2)24-17-21(11-12-21)26-19-8-6-5-7-9-19;/h5-9,18H,3-4,10-17H2,1-2H3,(H2,22,23,24);1H. The molecule has 6 heteroatoms. The molecule has 0 aromatic heterocycles. The highest BCUT2D eigenvalue weighted by Crippen LogP contribution is 2.51. The second-order valence-electron chi connectivity index (χ2n) is 7.63. The van der Waals surface area contributed by atoms with Gasteiger partial charge in [-0.15, -0.1) is 35.7 Å². The second kappa shape index (κ2) is 11.5. The summed E-state index contributed by atoms with van der Waals surface area (Å²) in [4.78, 5) is 8.87. The molecule has 27 heavy (non-hydrogen) atoms. The van der Waals surface area contributed by atoms with E-state index < -0.39 is 0 Å². The Bertz CT molecular complexity index is 577. The normalized spacial score (nSPS) is 21.6. The predicted octanol–water partition coefficient (Wildman–Crippen LogP) is 4.22. The number of thioether (sulfide) groups is 1. The average molecular weight is 503 g/mol. The third-order valence-corrected chi connectivity index (χ3v) is 6.70. The molecule has 1 aliphatic carbocycles. The average Bonchev–Trinajstić information content (AvgIpc) is 3.27. The summed E-state index contributed by atoms with van der Waals surface area (Å²) in [5.74, 6) is 1.74. The Kier molecular flexibility index (Phi) is 9.73. The molecule has 152 valence electrons. The molecule has 1 aliphatic heterocycles. The van der Waals surface area contributed by atoms with Gasteiger partial charge in [0.2, 0.25) is 0 Å². The minimum atomic E-state index is 0. The number of halogens is 1. The summed E-state index contributed by atoms with van der Waals surface area (Å²) in [5.41, 5.74) is 0. The zero-order valence-corrected chi connectivity index (χ0v) is 19.9. The molecule has 2 fully saturated rings. The molecule has 0 spiro atoms. The van der Waals surface area contributed by atoms with Gasteiger partial charge in [-0.2, -0.15) is 0 Å². The quantitative estimate of drug-likeness (QED) is 0.302. The van der Waals surface area contributed by atoms with Gasteiger partial charge < -0.3 is 15.5 Å². The first kappa shape index (κ1) is 22.8. The zero-order valence-electron chi connectivity index (χ0n) is 16.7. The van der Waals surface area contributed by atoms with Gasteiger partial charge in [-0.05, 0) is 63.7 Å². The molecule has 1 heterocycles. The number of guanidine groups is 1. The van der Waals surface area contributed by atoms with Crippen molar-refractivity contribution in [2.45, 2.75) is 49.2 Å². The third-order valence-electron chi connectivity index (χ3n) is 5.22. The van der Waals surface area contributed by atoms with Gasteiger partial charge in [0.25, 0.3) is 0 Å². The fourth-order valence-electron chi connectivity index (χ4n) is 3.58. The van der Waals surface area contributed by atoms with Crippen molar-refractivity contribution in [1.82, 2.24) is 15.5 Å². The molecule has 0 radical (unpaired) electrons. The van der Waals surface area contributed by atoms with Crippen molar-refractivity contribution in [3.8, 4) is 0 Å². The number of rotatable bonds is 9. The van der Waals surface area contributed by atoms with Gasteiger partial charge >= 0.3 is 0 Å². The summed E-state index contributed by atoms with van der Waals surface area (Å²) >= 11 is 2.00. The van der Waals surface area contributed by atoms with Crippen molar-refractivity contribution < 1.29 is 0 Å². The van der Waals surface area contributed by atoms with E-state index >= 15 is 0 Å². The highest BCUT2D eigenvalue weighted by atomic mass is 127. The van der Waals surface area contributed by atoms with Crippen LogP contribution in [0.4, 0.5) is 0 Å². The minimum absolute atomic E-state index is 0. The van der Waals surface area contributed by atoms with Gasteiger partial charge in [-0.25, -0.2) is 0 Å². The van der Waals surface area contributed by atoms with E-state index in [9.17, 15) is 0 Å². The molecule has 4 nitrogen and oxygen atoms in total. The molecular formula is C21H35IN4S. The van der Waals surface area contributed by atoms with E-state index in [0.29, 0.717) is 4.75 Å². The van der Waals surface area contributed by atoms with Crippen molar-refractivity contribution >= 4 is 41.7 Å². The number of nitrogens with zero attached hydrogens (tertiary/aromatic N) is 2. The lowest BCUT2D eigenvalue weighted by Gasteiger charge is -2.18. The van der Waals surface area contributed by atoms with Crippen LogP contribution in [-0.2, 0) is 0 Å². The van der Waals surface area contributed by atoms with Gasteiger partial charge in [0.15, 0.2) is 5.96 Å². The van der Waals surface area contributed by atoms with E-state index in [2.05, 4.69) is 59.7 Å². The summed E-state index contributed by atoms with van der Waals surface area (Å²) < 4.78 is 0.314. The summed E-state index contributed by atoms with van der Waals surface area (Å²) in [6.45, 7) is 11.0. The molecule has 2 N–H and O–H groups in total. The van der Waals surface area contributed by atoms with Crippen LogP contribution in [0.15, 0.2) is 40.2 Å². The summed E-state index contributed by atoms with van der Waals surface area (Å²) in [5, 5.41) is 7.02. The molecule has 1 saturated heterocycles. The number of hydrogen-bond donors (Lipinski definition) is 2. The van der Waals surface area contributed by atoms with E-state index in [1.807, 2.05) is 11.8 Å². The first-order valence-electron chi connectivity index (χ1n) is 10.2. The van der Waals surface area contributed by atoms with Crippen LogP contribution in [0.2, 0.25) is 0 Å². The zero-order chi connectivity index (χ0) is 18.2. The van der Waals surface area contributed by atoms with Crippen LogP contribution in [0.3, 0.4) is 0 Å². The van der Waals surface area contributed by atoms with E-state index in [4.69, 9.17) is 4.99 Å². The van der Waals surface area contributed by atoms with E-state index in [0.717, 1.165) is 31.5 Å². The molecule has 1 aromatic rings. The highest BCUT2D eigenvalue weighted by Gasteiger charge is 2.43. The fraction of sp³-hybridized carbons (Fsp3) is 0.667. The van der Waals surface area contributed by atoms with Crippen LogP contribution in [-0.4, -0.2) is 54.9 Å². The lowest BCUT2D eigenvalue weighted by Crippen LogP contribution is -2.40. The maximum Gasteiger partial charge on any atom is 0.191 e. The topological polar surface area (TPSA) is 39.7 Å². The molecular weight excluding hydrogens is 467 g/mol. The molecule has 0 amide bonds. The molecule has 2 aliphatic rings. The first-order valence-corrected chi connectivity index (χ1v) is 11.0.